The van der Waals surface area contributed by atoms with Gasteiger partial charge < -0.3 is 10.2 Å². The van der Waals surface area contributed by atoms with Gasteiger partial charge in [-0.15, -0.1) is 5.10 Å². The molecule has 0 atom stereocenters. The third-order valence-corrected chi connectivity index (χ3v) is 3.39. The van der Waals surface area contributed by atoms with Crippen LogP contribution in [0.25, 0.3) is 11.4 Å². The number of rotatable bonds is 5. The van der Waals surface area contributed by atoms with E-state index in [1.165, 1.54) is 11.6 Å². The number of aromatic nitrogens is 3. The summed E-state index contributed by atoms with van der Waals surface area (Å²) in [6, 6.07) is 11.5. The molecule has 24 heavy (non-hydrogen) atoms. The van der Waals surface area contributed by atoms with E-state index in [0.29, 0.717) is 11.5 Å². The molecule has 0 radical (unpaired) electrons. The first-order chi connectivity index (χ1) is 11.5. The highest BCUT2D eigenvalue weighted by Gasteiger charge is 2.08. The SMILES string of the molecule is CN(C)Cc1ccc(-c2nc(Nc3ccc(F)c(F)c3)n[nH]2)cc1. The molecule has 0 amide bonds. The number of hydrogen-bond acceptors (Lipinski definition) is 4. The Morgan fingerprint density at radius 2 is 1.79 bits per heavy atom. The molecule has 0 fully saturated rings. The minimum Gasteiger partial charge on any atom is -0.323 e. The van der Waals surface area contributed by atoms with Crippen LogP contribution < -0.4 is 5.32 Å². The molecule has 0 aliphatic carbocycles. The zero-order valence-electron chi connectivity index (χ0n) is 13.3. The first-order valence-electron chi connectivity index (χ1n) is 7.40. The quantitative estimate of drug-likeness (QED) is 0.751. The van der Waals surface area contributed by atoms with E-state index in [9.17, 15) is 8.78 Å². The normalized spacial score (nSPS) is 11.0. The number of halogens is 2. The van der Waals surface area contributed by atoms with Crippen LogP contribution in [0.4, 0.5) is 20.4 Å². The van der Waals surface area contributed by atoms with Gasteiger partial charge in [-0.25, -0.2) is 8.78 Å². The molecule has 124 valence electrons. The van der Waals surface area contributed by atoms with Gasteiger partial charge in [-0.2, -0.15) is 4.98 Å². The maximum Gasteiger partial charge on any atom is 0.246 e. The Morgan fingerprint density at radius 1 is 1.04 bits per heavy atom. The van der Waals surface area contributed by atoms with Crippen LogP contribution >= 0.6 is 0 Å². The summed E-state index contributed by atoms with van der Waals surface area (Å²) in [5.74, 6) is -0.939. The third kappa shape index (κ3) is 3.75. The highest BCUT2D eigenvalue weighted by molar-refractivity contribution is 5.59. The lowest BCUT2D eigenvalue weighted by atomic mass is 10.1. The lowest BCUT2D eigenvalue weighted by Gasteiger charge is -2.09. The van der Waals surface area contributed by atoms with Gasteiger partial charge in [0.2, 0.25) is 5.95 Å². The monoisotopic (exact) mass is 329 g/mol. The largest absolute Gasteiger partial charge is 0.323 e. The lowest BCUT2D eigenvalue weighted by molar-refractivity contribution is 0.402. The van der Waals surface area contributed by atoms with Crippen molar-refractivity contribution in [1.29, 1.82) is 0 Å². The van der Waals surface area contributed by atoms with Crippen LogP contribution in [0.15, 0.2) is 42.5 Å². The second-order valence-corrected chi connectivity index (χ2v) is 5.70. The first-order valence-corrected chi connectivity index (χ1v) is 7.40. The minimum atomic E-state index is -0.924. The molecule has 3 rings (SSSR count). The topological polar surface area (TPSA) is 56.8 Å². The van der Waals surface area contributed by atoms with Crippen LogP contribution in [0, 0.1) is 11.6 Å². The van der Waals surface area contributed by atoms with Crippen molar-refractivity contribution in [3.05, 3.63) is 59.7 Å². The van der Waals surface area contributed by atoms with E-state index in [1.807, 2.05) is 38.4 Å². The summed E-state index contributed by atoms with van der Waals surface area (Å²) in [6.07, 6.45) is 0. The van der Waals surface area contributed by atoms with E-state index < -0.39 is 11.6 Å². The Morgan fingerprint density at radius 3 is 2.46 bits per heavy atom. The van der Waals surface area contributed by atoms with E-state index >= 15 is 0 Å². The maximum atomic E-state index is 13.2. The highest BCUT2D eigenvalue weighted by Crippen LogP contribution is 2.20. The summed E-state index contributed by atoms with van der Waals surface area (Å²) in [7, 11) is 4.03. The molecule has 2 N–H and O–H groups in total. The molecule has 0 unspecified atom stereocenters. The highest BCUT2D eigenvalue weighted by atomic mass is 19.2. The summed E-state index contributed by atoms with van der Waals surface area (Å²) in [6.45, 7) is 0.861. The summed E-state index contributed by atoms with van der Waals surface area (Å²) in [4.78, 5) is 6.40. The van der Waals surface area contributed by atoms with Gasteiger partial charge in [-0.3, -0.25) is 5.10 Å². The predicted octanol–water partition coefficient (Wildman–Crippen LogP) is 3.56. The van der Waals surface area contributed by atoms with Crippen LogP contribution in [0.5, 0.6) is 0 Å². The van der Waals surface area contributed by atoms with Crippen LogP contribution in [0.3, 0.4) is 0 Å². The standard InChI is InChI=1S/C17H17F2N5/c1-24(2)10-11-3-5-12(6-4-11)16-21-17(23-22-16)20-13-7-8-14(18)15(19)9-13/h3-9H,10H2,1-2H3,(H2,20,21,22,23). The second kappa shape index (κ2) is 6.76. The van der Waals surface area contributed by atoms with Crippen LogP contribution in [-0.2, 0) is 6.54 Å². The number of hydrogen-bond donors (Lipinski definition) is 2. The number of nitrogens with zero attached hydrogens (tertiary/aromatic N) is 3. The van der Waals surface area contributed by atoms with Crippen molar-refractivity contribution in [1.82, 2.24) is 20.1 Å². The van der Waals surface area contributed by atoms with Crippen LogP contribution in [0.2, 0.25) is 0 Å². The zero-order valence-corrected chi connectivity index (χ0v) is 13.3. The van der Waals surface area contributed by atoms with Crippen molar-refractivity contribution >= 4 is 11.6 Å². The molecule has 2 aromatic carbocycles. The van der Waals surface area contributed by atoms with Crippen LogP contribution in [0.1, 0.15) is 5.56 Å². The molecule has 1 heterocycles. The van der Waals surface area contributed by atoms with E-state index in [-0.39, 0.29) is 5.95 Å². The number of benzene rings is 2. The fourth-order valence-corrected chi connectivity index (χ4v) is 2.28. The molecular formula is C17H17F2N5. The predicted molar refractivity (Wildman–Crippen MR) is 88.9 cm³/mol. The lowest BCUT2D eigenvalue weighted by Crippen LogP contribution is -2.10. The van der Waals surface area contributed by atoms with Gasteiger partial charge >= 0.3 is 0 Å². The fraction of sp³-hybridized carbons (Fsp3) is 0.176. The second-order valence-electron chi connectivity index (χ2n) is 5.70. The molecular weight excluding hydrogens is 312 g/mol. The molecule has 5 nitrogen and oxygen atoms in total. The van der Waals surface area contributed by atoms with Crippen molar-refractivity contribution in [2.24, 2.45) is 0 Å². The van der Waals surface area contributed by atoms with Crippen molar-refractivity contribution in [3.63, 3.8) is 0 Å². The molecule has 0 spiro atoms. The Hall–Kier alpha value is -2.80. The maximum absolute atomic E-state index is 13.2. The Kier molecular flexibility index (Phi) is 4.52. The first kappa shape index (κ1) is 16.1. The zero-order chi connectivity index (χ0) is 17.1. The fourth-order valence-electron chi connectivity index (χ4n) is 2.28. The van der Waals surface area contributed by atoms with Gasteiger partial charge in [-0.05, 0) is 31.8 Å². The molecule has 0 saturated carbocycles. The molecule has 0 aliphatic rings. The van der Waals surface area contributed by atoms with E-state index in [2.05, 4.69) is 25.4 Å². The van der Waals surface area contributed by atoms with Crippen molar-refractivity contribution in [3.8, 4) is 11.4 Å². The number of anilines is 2. The Labute approximate surface area is 138 Å². The minimum absolute atomic E-state index is 0.286. The summed E-state index contributed by atoms with van der Waals surface area (Å²) in [5, 5.41) is 9.70. The van der Waals surface area contributed by atoms with Crippen LogP contribution in [-0.4, -0.2) is 34.2 Å². The number of H-pyrrole nitrogens is 1. The van der Waals surface area contributed by atoms with Gasteiger partial charge in [0.05, 0.1) is 0 Å². The molecule has 0 bridgehead atoms. The number of nitrogens with one attached hydrogen (secondary N) is 2. The number of aromatic amines is 1. The molecule has 1 aromatic heterocycles. The third-order valence-electron chi connectivity index (χ3n) is 3.39. The summed E-state index contributed by atoms with van der Waals surface area (Å²) >= 11 is 0. The Balaban J connectivity index is 1.74. The summed E-state index contributed by atoms with van der Waals surface area (Å²) < 4.78 is 26.1. The molecule has 7 heteroatoms. The Bertz CT molecular complexity index is 827. The van der Waals surface area contributed by atoms with E-state index in [4.69, 9.17) is 0 Å². The van der Waals surface area contributed by atoms with Crippen molar-refractivity contribution in [2.75, 3.05) is 19.4 Å². The van der Waals surface area contributed by atoms with Gasteiger partial charge in [-0.1, -0.05) is 24.3 Å². The smallest absolute Gasteiger partial charge is 0.246 e. The van der Waals surface area contributed by atoms with Crippen molar-refractivity contribution in [2.45, 2.75) is 6.54 Å². The van der Waals surface area contributed by atoms with Gasteiger partial charge in [0, 0.05) is 23.9 Å². The average Bonchev–Trinajstić information content (AvgIpc) is 3.00. The van der Waals surface area contributed by atoms with E-state index in [1.54, 1.807) is 0 Å². The van der Waals surface area contributed by atoms with E-state index in [0.717, 1.165) is 24.2 Å². The average molecular weight is 329 g/mol. The van der Waals surface area contributed by atoms with Crippen molar-refractivity contribution < 1.29 is 8.78 Å². The van der Waals surface area contributed by atoms with Gasteiger partial charge in [0.1, 0.15) is 0 Å². The molecule has 0 aliphatic heterocycles. The molecule has 3 aromatic rings. The van der Waals surface area contributed by atoms with Gasteiger partial charge in [0.25, 0.3) is 0 Å². The van der Waals surface area contributed by atoms with Gasteiger partial charge in [0.15, 0.2) is 17.5 Å². The molecule has 0 saturated heterocycles. The summed E-state index contributed by atoms with van der Waals surface area (Å²) in [5.41, 5.74) is 2.47.